The Balaban J connectivity index is 2.08. The summed E-state index contributed by atoms with van der Waals surface area (Å²) in [6, 6.07) is 15.3. The first-order chi connectivity index (χ1) is 10.5. The van der Waals surface area contributed by atoms with Crippen molar-refractivity contribution >= 4 is 21.7 Å². The first-order valence-electron chi connectivity index (χ1n) is 6.73. The summed E-state index contributed by atoms with van der Waals surface area (Å²) in [5, 5.41) is 2.75. The molecule has 0 atom stereocenters. The van der Waals surface area contributed by atoms with E-state index in [1.807, 2.05) is 30.3 Å². The van der Waals surface area contributed by atoms with Gasteiger partial charge in [0.15, 0.2) is 0 Å². The highest BCUT2D eigenvalue weighted by Crippen LogP contribution is 2.22. The molecular formula is C15H16N2O4S. The third-order valence-electron chi connectivity index (χ3n) is 3.19. The van der Waals surface area contributed by atoms with Crippen LogP contribution in [0.5, 0.6) is 0 Å². The Hall–Kier alpha value is -2.25. The zero-order valence-electron chi connectivity index (χ0n) is 11.8. The summed E-state index contributed by atoms with van der Waals surface area (Å²) in [4.78, 5) is 10.4. The molecule has 6 nitrogen and oxygen atoms in total. The lowest BCUT2D eigenvalue weighted by atomic mass is 10.1. The maximum Gasteiger partial charge on any atom is 0.359 e. The van der Waals surface area contributed by atoms with E-state index in [-0.39, 0.29) is 12.2 Å². The predicted molar refractivity (Wildman–Crippen MR) is 85.6 cm³/mol. The van der Waals surface area contributed by atoms with E-state index in [2.05, 4.69) is 5.18 Å². The van der Waals surface area contributed by atoms with Gasteiger partial charge in [0.1, 0.15) is 5.69 Å². The van der Waals surface area contributed by atoms with Crippen molar-refractivity contribution in [2.24, 2.45) is 5.18 Å². The number of anilines is 1. The zero-order chi connectivity index (χ0) is 16.0. The molecule has 0 radical (unpaired) electrons. The molecule has 0 aliphatic carbocycles. The summed E-state index contributed by atoms with van der Waals surface area (Å²) in [6.45, 7) is 0.140. The summed E-state index contributed by atoms with van der Waals surface area (Å²) in [5.74, 6) is 0. The second kappa shape index (κ2) is 7.15. The number of rotatable bonds is 7. The number of aryl methyl sites for hydroxylation is 1. The van der Waals surface area contributed by atoms with Crippen LogP contribution in [-0.2, 0) is 16.7 Å². The van der Waals surface area contributed by atoms with E-state index < -0.39 is 10.3 Å². The van der Waals surface area contributed by atoms with Gasteiger partial charge < -0.3 is 0 Å². The highest BCUT2D eigenvalue weighted by molar-refractivity contribution is 7.87. The Labute approximate surface area is 129 Å². The fourth-order valence-electron chi connectivity index (χ4n) is 2.13. The molecule has 1 N–H and O–H groups in total. The maximum atomic E-state index is 11.5. The number of hydrogen-bond donors (Lipinski definition) is 1. The van der Waals surface area contributed by atoms with Crippen molar-refractivity contribution in [1.82, 2.24) is 0 Å². The van der Waals surface area contributed by atoms with Gasteiger partial charge in [0.25, 0.3) is 0 Å². The fourth-order valence-corrected chi connectivity index (χ4v) is 2.88. The van der Waals surface area contributed by atoms with Gasteiger partial charge in [-0.2, -0.15) is 8.42 Å². The SMILES string of the molecule is O=Nc1ccc(N(CCCc2ccccc2)S(=O)(=O)O)cc1. The van der Waals surface area contributed by atoms with Crippen LogP contribution in [0.25, 0.3) is 0 Å². The van der Waals surface area contributed by atoms with Crippen LogP contribution < -0.4 is 4.31 Å². The van der Waals surface area contributed by atoms with Gasteiger partial charge in [-0.1, -0.05) is 30.3 Å². The molecule has 0 saturated carbocycles. The van der Waals surface area contributed by atoms with Crippen molar-refractivity contribution in [1.29, 1.82) is 0 Å². The normalized spacial score (nSPS) is 11.1. The van der Waals surface area contributed by atoms with Gasteiger partial charge in [0.2, 0.25) is 0 Å². The highest BCUT2D eigenvalue weighted by atomic mass is 32.2. The first-order valence-corrected chi connectivity index (χ1v) is 8.13. The van der Waals surface area contributed by atoms with Crippen LogP contribution in [0.1, 0.15) is 12.0 Å². The Morgan fingerprint density at radius 1 is 1.00 bits per heavy atom. The quantitative estimate of drug-likeness (QED) is 0.626. The molecule has 116 valence electrons. The molecule has 0 aliphatic heterocycles. The van der Waals surface area contributed by atoms with E-state index in [0.29, 0.717) is 18.5 Å². The van der Waals surface area contributed by atoms with Crippen molar-refractivity contribution in [2.45, 2.75) is 12.8 Å². The van der Waals surface area contributed by atoms with Gasteiger partial charge in [0, 0.05) is 6.54 Å². The lowest BCUT2D eigenvalue weighted by Crippen LogP contribution is -2.31. The minimum atomic E-state index is -4.37. The molecule has 0 amide bonds. The lowest BCUT2D eigenvalue weighted by Gasteiger charge is -2.20. The van der Waals surface area contributed by atoms with Gasteiger partial charge in [-0.3, -0.25) is 4.55 Å². The lowest BCUT2D eigenvalue weighted by molar-refractivity contribution is 0.477. The largest absolute Gasteiger partial charge is 0.359 e. The van der Waals surface area contributed by atoms with E-state index in [1.54, 1.807) is 0 Å². The van der Waals surface area contributed by atoms with Crippen LogP contribution in [0.4, 0.5) is 11.4 Å². The molecule has 2 rings (SSSR count). The van der Waals surface area contributed by atoms with Crippen LogP contribution in [0, 0.1) is 4.91 Å². The molecule has 0 aromatic heterocycles. The minimum Gasteiger partial charge on any atom is -0.269 e. The minimum absolute atomic E-state index is 0.140. The van der Waals surface area contributed by atoms with Crippen molar-refractivity contribution in [2.75, 3.05) is 10.8 Å². The van der Waals surface area contributed by atoms with Gasteiger partial charge in [0.05, 0.1) is 5.69 Å². The van der Waals surface area contributed by atoms with Crippen LogP contribution in [0.3, 0.4) is 0 Å². The maximum absolute atomic E-state index is 11.5. The molecule has 0 aliphatic rings. The molecule has 7 heteroatoms. The van der Waals surface area contributed by atoms with Gasteiger partial charge in [-0.05, 0) is 47.8 Å². The Morgan fingerprint density at radius 3 is 2.18 bits per heavy atom. The predicted octanol–water partition coefficient (Wildman–Crippen LogP) is 3.33. The van der Waals surface area contributed by atoms with E-state index in [1.165, 1.54) is 24.3 Å². The molecule has 2 aromatic rings. The molecule has 0 bridgehead atoms. The standard InChI is InChI=1S/C15H16N2O4S/c18-16-14-8-10-15(11-9-14)17(22(19,20)21)12-4-7-13-5-2-1-3-6-13/h1-3,5-6,8-11H,4,7,12H2,(H,19,20,21). The van der Waals surface area contributed by atoms with Crippen molar-refractivity contribution in [3.63, 3.8) is 0 Å². The van der Waals surface area contributed by atoms with E-state index >= 15 is 0 Å². The second-order valence-corrected chi connectivity index (χ2v) is 6.08. The molecule has 0 unspecified atom stereocenters. The van der Waals surface area contributed by atoms with Crippen molar-refractivity contribution in [3.05, 3.63) is 65.1 Å². The van der Waals surface area contributed by atoms with E-state index in [0.717, 1.165) is 9.87 Å². The molecule has 2 aromatic carbocycles. The molecular weight excluding hydrogens is 304 g/mol. The van der Waals surface area contributed by atoms with Crippen molar-refractivity contribution < 1.29 is 13.0 Å². The fraction of sp³-hybridized carbons (Fsp3) is 0.200. The Kier molecular flexibility index (Phi) is 5.24. The molecule has 0 heterocycles. The molecule has 0 fully saturated rings. The van der Waals surface area contributed by atoms with Crippen LogP contribution in [0.15, 0.2) is 59.8 Å². The summed E-state index contributed by atoms with van der Waals surface area (Å²) >= 11 is 0. The average molecular weight is 320 g/mol. The van der Waals surface area contributed by atoms with Crippen LogP contribution in [0.2, 0.25) is 0 Å². The highest BCUT2D eigenvalue weighted by Gasteiger charge is 2.19. The third kappa shape index (κ3) is 4.37. The Morgan fingerprint density at radius 2 is 1.64 bits per heavy atom. The van der Waals surface area contributed by atoms with Crippen LogP contribution >= 0.6 is 0 Å². The third-order valence-corrected chi connectivity index (χ3v) is 4.14. The number of benzene rings is 2. The average Bonchev–Trinajstić information content (AvgIpc) is 2.52. The summed E-state index contributed by atoms with van der Waals surface area (Å²) in [5.41, 5.74) is 1.59. The van der Waals surface area contributed by atoms with Gasteiger partial charge in [-0.15, -0.1) is 4.91 Å². The molecule has 22 heavy (non-hydrogen) atoms. The number of nitroso groups, excluding NO2 is 1. The van der Waals surface area contributed by atoms with Crippen LogP contribution in [-0.4, -0.2) is 19.5 Å². The van der Waals surface area contributed by atoms with E-state index in [9.17, 15) is 17.9 Å². The molecule has 0 spiro atoms. The van der Waals surface area contributed by atoms with Gasteiger partial charge >= 0.3 is 10.3 Å². The topological polar surface area (TPSA) is 87.0 Å². The first kappa shape index (κ1) is 16.1. The smallest absolute Gasteiger partial charge is 0.269 e. The summed E-state index contributed by atoms with van der Waals surface area (Å²) in [6.07, 6.45) is 1.25. The number of hydrogen-bond acceptors (Lipinski definition) is 4. The Bertz CT molecular complexity index is 715. The molecule has 0 saturated heterocycles. The summed E-state index contributed by atoms with van der Waals surface area (Å²) < 4.78 is 33.3. The van der Waals surface area contributed by atoms with E-state index in [4.69, 9.17) is 0 Å². The summed E-state index contributed by atoms with van der Waals surface area (Å²) in [7, 11) is -4.37. The van der Waals surface area contributed by atoms with Crippen molar-refractivity contribution in [3.8, 4) is 0 Å². The van der Waals surface area contributed by atoms with Gasteiger partial charge in [-0.25, -0.2) is 4.31 Å². The number of nitrogens with zero attached hydrogens (tertiary/aromatic N) is 2. The monoisotopic (exact) mass is 320 g/mol. The second-order valence-electron chi connectivity index (χ2n) is 4.75. The zero-order valence-corrected chi connectivity index (χ0v) is 12.6.